The highest BCUT2D eigenvalue weighted by atomic mass is 16.5. The van der Waals surface area contributed by atoms with E-state index in [-0.39, 0.29) is 12.7 Å². The Morgan fingerprint density at radius 2 is 1.74 bits per heavy atom. The maximum Gasteiger partial charge on any atom is 0.301 e. The minimum Gasteiger partial charge on any atom is -0.497 e. The van der Waals surface area contributed by atoms with E-state index in [2.05, 4.69) is 12.1 Å². The van der Waals surface area contributed by atoms with Crippen molar-refractivity contribution >= 4 is 23.1 Å². The molecule has 31 heavy (non-hydrogen) atoms. The van der Waals surface area contributed by atoms with Gasteiger partial charge < -0.3 is 4.74 Å². The molecular formula is C25H21N3O3. The zero-order valence-corrected chi connectivity index (χ0v) is 17.1. The molecule has 3 aromatic carbocycles. The van der Waals surface area contributed by atoms with Gasteiger partial charge in [0.15, 0.2) is 0 Å². The number of para-hydroxylation sites is 1. The molecule has 0 fully saturated rings. The van der Waals surface area contributed by atoms with Crippen molar-refractivity contribution in [2.24, 2.45) is 5.10 Å². The highest BCUT2D eigenvalue weighted by molar-refractivity contribution is 6.52. The molecule has 6 nitrogen and oxygen atoms in total. The Hall–Kier alpha value is -3.93. The van der Waals surface area contributed by atoms with Crippen molar-refractivity contribution in [2.75, 3.05) is 18.7 Å². The smallest absolute Gasteiger partial charge is 0.301 e. The minimum atomic E-state index is -0.516. The number of hydrogen-bond donors (Lipinski definition) is 0. The number of rotatable bonds is 5. The van der Waals surface area contributed by atoms with Crippen molar-refractivity contribution in [2.45, 2.75) is 12.5 Å². The maximum absolute atomic E-state index is 12.7. The largest absolute Gasteiger partial charge is 0.497 e. The minimum absolute atomic E-state index is 0.0435. The number of carbonyl (C=O) groups is 2. The van der Waals surface area contributed by atoms with Crippen LogP contribution in [0.25, 0.3) is 0 Å². The summed E-state index contributed by atoms with van der Waals surface area (Å²) in [7, 11) is 1.64. The van der Waals surface area contributed by atoms with Crippen LogP contribution in [0.1, 0.15) is 33.9 Å². The standard InChI is InChI=1S/C25H21N3O3/c1-31-19-11-7-10-18(14-19)21-15-23(17-8-3-2-4-9-17)28(26-21)16-27-22-13-6-5-12-20(22)24(29)25(27)30/h2-14,23H,15-16H2,1H3/t23-/m1/s1. The first-order valence-electron chi connectivity index (χ1n) is 10.1. The molecule has 2 aliphatic heterocycles. The van der Waals surface area contributed by atoms with E-state index >= 15 is 0 Å². The molecule has 0 saturated carbocycles. The van der Waals surface area contributed by atoms with Crippen LogP contribution < -0.4 is 9.64 Å². The van der Waals surface area contributed by atoms with Crippen molar-refractivity contribution in [1.29, 1.82) is 0 Å². The SMILES string of the molecule is COc1cccc(C2=NN(CN3C(=O)C(=O)c4ccccc43)[C@@H](c3ccccc3)C2)c1. The lowest BCUT2D eigenvalue weighted by Crippen LogP contribution is -2.39. The van der Waals surface area contributed by atoms with Gasteiger partial charge in [-0.3, -0.25) is 19.5 Å². The predicted octanol–water partition coefficient (Wildman–Crippen LogP) is 4.03. The summed E-state index contributed by atoms with van der Waals surface area (Å²) >= 11 is 0. The Balaban J connectivity index is 1.51. The number of Topliss-reactive ketones (excluding diaryl/α,β-unsaturated/α-hetero) is 1. The summed E-state index contributed by atoms with van der Waals surface area (Å²) in [6, 6.07) is 25.0. The van der Waals surface area contributed by atoms with E-state index in [0.29, 0.717) is 17.7 Å². The predicted molar refractivity (Wildman–Crippen MR) is 118 cm³/mol. The fourth-order valence-corrected chi connectivity index (χ4v) is 4.16. The van der Waals surface area contributed by atoms with Crippen LogP contribution >= 0.6 is 0 Å². The number of ether oxygens (including phenoxy) is 1. The molecule has 1 amide bonds. The number of hydrogen-bond acceptors (Lipinski definition) is 5. The molecule has 0 saturated heterocycles. The Labute approximate surface area is 180 Å². The number of methoxy groups -OCH3 is 1. The summed E-state index contributed by atoms with van der Waals surface area (Å²) < 4.78 is 5.37. The molecule has 154 valence electrons. The maximum atomic E-state index is 12.7. The lowest BCUT2D eigenvalue weighted by atomic mass is 9.98. The van der Waals surface area contributed by atoms with E-state index in [0.717, 1.165) is 22.6 Å². The third-order valence-electron chi connectivity index (χ3n) is 5.75. The second kappa shape index (κ2) is 7.72. The summed E-state index contributed by atoms with van der Waals surface area (Å²) in [5.74, 6) is -0.217. The molecule has 1 atom stereocenters. The summed E-state index contributed by atoms with van der Waals surface area (Å²) in [6.07, 6.45) is 0.689. The quantitative estimate of drug-likeness (QED) is 0.595. The zero-order chi connectivity index (χ0) is 21.4. The van der Waals surface area contributed by atoms with Crippen LogP contribution in [0.5, 0.6) is 5.75 Å². The fourth-order valence-electron chi connectivity index (χ4n) is 4.16. The molecule has 0 N–H and O–H groups in total. The van der Waals surface area contributed by atoms with Gasteiger partial charge >= 0.3 is 5.91 Å². The Bertz CT molecular complexity index is 1190. The number of fused-ring (bicyclic) bond motifs is 1. The van der Waals surface area contributed by atoms with Crippen molar-refractivity contribution in [3.8, 4) is 5.75 Å². The van der Waals surface area contributed by atoms with Crippen LogP contribution in [0.3, 0.4) is 0 Å². The Morgan fingerprint density at radius 1 is 0.968 bits per heavy atom. The molecule has 0 aliphatic carbocycles. The second-order valence-corrected chi connectivity index (χ2v) is 7.57. The van der Waals surface area contributed by atoms with Crippen LogP contribution in [0.2, 0.25) is 0 Å². The molecule has 0 unspecified atom stereocenters. The van der Waals surface area contributed by atoms with Crippen LogP contribution in [-0.2, 0) is 4.79 Å². The zero-order valence-electron chi connectivity index (χ0n) is 17.1. The van der Waals surface area contributed by atoms with Crippen LogP contribution in [-0.4, -0.2) is 36.2 Å². The molecule has 2 heterocycles. The molecule has 2 aliphatic rings. The van der Waals surface area contributed by atoms with Crippen molar-refractivity contribution < 1.29 is 14.3 Å². The van der Waals surface area contributed by atoms with Gasteiger partial charge in [-0.2, -0.15) is 5.10 Å². The van der Waals surface area contributed by atoms with Gasteiger partial charge in [0.05, 0.1) is 30.1 Å². The van der Waals surface area contributed by atoms with Gasteiger partial charge in [0.2, 0.25) is 0 Å². The normalized spacial score (nSPS) is 17.7. The number of hydrazone groups is 1. The van der Waals surface area contributed by atoms with E-state index in [4.69, 9.17) is 9.84 Å². The van der Waals surface area contributed by atoms with Crippen molar-refractivity contribution in [1.82, 2.24) is 5.01 Å². The third-order valence-corrected chi connectivity index (χ3v) is 5.75. The van der Waals surface area contributed by atoms with Gasteiger partial charge in [-0.1, -0.05) is 54.6 Å². The van der Waals surface area contributed by atoms with Crippen LogP contribution in [0.4, 0.5) is 5.69 Å². The number of amides is 1. The lowest BCUT2D eigenvalue weighted by Gasteiger charge is -2.28. The topological polar surface area (TPSA) is 62.2 Å². The summed E-state index contributed by atoms with van der Waals surface area (Å²) in [5.41, 5.74) is 4.08. The van der Waals surface area contributed by atoms with E-state index in [1.54, 1.807) is 25.3 Å². The average Bonchev–Trinajstić information content (AvgIpc) is 3.35. The Morgan fingerprint density at radius 3 is 2.55 bits per heavy atom. The second-order valence-electron chi connectivity index (χ2n) is 7.57. The summed E-state index contributed by atoms with van der Waals surface area (Å²) in [4.78, 5) is 26.7. The number of anilines is 1. The first kappa shape index (κ1) is 19.1. The van der Waals surface area contributed by atoms with Crippen LogP contribution in [0.15, 0.2) is 84.0 Å². The monoisotopic (exact) mass is 411 g/mol. The van der Waals surface area contributed by atoms with Crippen molar-refractivity contribution in [3.63, 3.8) is 0 Å². The van der Waals surface area contributed by atoms with Crippen molar-refractivity contribution in [3.05, 3.63) is 95.6 Å². The average molecular weight is 411 g/mol. The molecule has 0 bridgehead atoms. The van der Waals surface area contributed by atoms with E-state index < -0.39 is 11.7 Å². The fraction of sp³-hybridized carbons (Fsp3) is 0.160. The molecule has 0 spiro atoms. The number of ketones is 1. The number of carbonyl (C=O) groups excluding carboxylic acids is 2. The summed E-state index contributed by atoms with van der Waals surface area (Å²) in [6.45, 7) is 0.203. The Kier molecular flexibility index (Phi) is 4.75. The molecule has 0 aromatic heterocycles. The van der Waals surface area contributed by atoms with Gasteiger partial charge in [0.1, 0.15) is 12.4 Å². The number of benzene rings is 3. The van der Waals surface area contributed by atoms with E-state index in [1.807, 2.05) is 53.5 Å². The summed E-state index contributed by atoms with van der Waals surface area (Å²) in [5, 5.41) is 6.78. The van der Waals surface area contributed by atoms with Gasteiger partial charge in [0, 0.05) is 12.0 Å². The van der Waals surface area contributed by atoms with E-state index in [1.165, 1.54) is 4.90 Å². The molecule has 5 rings (SSSR count). The van der Waals surface area contributed by atoms with Gasteiger partial charge in [-0.05, 0) is 29.8 Å². The molecular weight excluding hydrogens is 390 g/mol. The van der Waals surface area contributed by atoms with Crippen LogP contribution in [0, 0.1) is 0 Å². The first-order chi connectivity index (χ1) is 15.2. The van der Waals surface area contributed by atoms with Gasteiger partial charge in [-0.25, -0.2) is 0 Å². The highest BCUT2D eigenvalue weighted by Crippen LogP contribution is 2.36. The third kappa shape index (κ3) is 3.36. The van der Waals surface area contributed by atoms with Gasteiger partial charge in [0.25, 0.3) is 5.78 Å². The van der Waals surface area contributed by atoms with Gasteiger partial charge in [-0.15, -0.1) is 0 Å². The lowest BCUT2D eigenvalue weighted by molar-refractivity contribution is -0.114. The first-order valence-corrected chi connectivity index (χ1v) is 10.1. The van der Waals surface area contributed by atoms with E-state index in [9.17, 15) is 9.59 Å². The molecule has 6 heteroatoms. The molecule has 3 aromatic rings. The molecule has 0 radical (unpaired) electrons. The highest BCUT2D eigenvalue weighted by Gasteiger charge is 2.39. The number of nitrogens with zero attached hydrogens (tertiary/aromatic N) is 3.